The van der Waals surface area contributed by atoms with E-state index >= 15 is 0 Å². The van der Waals surface area contributed by atoms with E-state index < -0.39 is 0 Å². The number of aliphatic hydroxyl groups is 1. The molecule has 4 nitrogen and oxygen atoms in total. The lowest BCUT2D eigenvalue weighted by Crippen LogP contribution is -2.40. The van der Waals surface area contributed by atoms with E-state index in [2.05, 4.69) is 4.98 Å². The Kier molecular flexibility index (Phi) is 4.91. The first kappa shape index (κ1) is 14.0. The number of carbonyl (C=O) groups is 1. The molecule has 1 N–H and O–H groups in total. The lowest BCUT2D eigenvalue weighted by atomic mass is 9.92. The fourth-order valence-corrected chi connectivity index (χ4v) is 2.61. The molecule has 1 saturated carbocycles. The maximum absolute atomic E-state index is 12.1. The molecule has 1 fully saturated rings. The summed E-state index contributed by atoms with van der Waals surface area (Å²) in [7, 11) is 1.88. The first-order valence-corrected chi connectivity index (χ1v) is 7.00. The van der Waals surface area contributed by atoms with Gasteiger partial charge < -0.3 is 10.0 Å². The average Bonchev–Trinajstić information content (AvgIpc) is 2.46. The van der Waals surface area contributed by atoms with Crippen molar-refractivity contribution in [1.29, 1.82) is 0 Å². The maximum Gasteiger partial charge on any atom is 0.222 e. The normalized spacial score (nSPS) is 23.1. The van der Waals surface area contributed by atoms with Crippen molar-refractivity contribution in [3.8, 4) is 0 Å². The Balaban J connectivity index is 1.79. The van der Waals surface area contributed by atoms with Crippen LogP contribution in [-0.2, 0) is 11.2 Å². The summed E-state index contributed by atoms with van der Waals surface area (Å²) in [5, 5.41) is 9.49. The number of rotatable bonds is 4. The van der Waals surface area contributed by atoms with Crippen LogP contribution in [0.1, 0.15) is 37.8 Å². The van der Waals surface area contributed by atoms with E-state index in [1.807, 2.05) is 30.1 Å². The van der Waals surface area contributed by atoms with Crippen molar-refractivity contribution in [2.24, 2.45) is 0 Å². The van der Waals surface area contributed by atoms with Crippen molar-refractivity contribution < 1.29 is 9.90 Å². The summed E-state index contributed by atoms with van der Waals surface area (Å²) in [6.45, 7) is 0. The number of nitrogens with zero attached hydrogens (tertiary/aromatic N) is 2. The third-order valence-electron chi connectivity index (χ3n) is 3.93. The summed E-state index contributed by atoms with van der Waals surface area (Å²) in [6.07, 6.45) is 6.22. The third kappa shape index (κ3) is 4.03. The van der Waals surface area contributed by atoms with Gasteiger partial charge in [0, 0.05) is 31.4 Å². The van der Waals surface area contributed by atoms with Crippen LogP contribution in [0.3, 0.4) is 0 Å². The van der Waals surface area contributed by atoms with Gasteiger partial charge in [-0.15, -0.1) is 0 Å². The van der Waals surface area contributed by atoms with E-state index in [4.69, 9.17) is 0 Å². The zero-order chi connectivity index (χ0) is 13.7. The molecule has 0 bridgehead atoms. The number of pyridine rings is 1. The van der Waals surface area contributed by atoms with E-state index in [9.17, 15) is 9.90 Å². The molecule has 1 aliphatic rings. The standard InChI is InChI=1S/C15H22N2O2/c1-17(13-6-8-14(18)9-7-13)15(19)10-5-12-4-2-3-11-16-12/h2-4,11,13-14,18H,5-10H2,1H3. The Bertz CT molecular complexity index is 400. The SMILES string of the molecule is CN(C(=O)CCc1ccccn1)C1CCC(O)CC1. The molecule has 0 unspecified atom stereocenters. The zero-order valence-corrected chi connectivity index (χ0v) is 11.5. The molecule has 4 heteroatoms. The first-order chi connectivity index (χ1) is 9.16. The highest BCUT2D eigenvalue weighted by Crippen LogP contribution is 2.22. The minimum atomic E-state index is -0.173. The Morgan fingerprint density at radius 3 is 2.74 bits per heavy atom. The molecule has 1 aliphatic carbocycles. The molecule has 0 saturated heterocycles. The van der Waals surface area contributed by atoms with Crippen LogP contribution in [-0.4, -0.2) is 40.1 Å². The van der Waals surface area contributed by atoms with E-state index in [0.29, 0.717) is 18.9 Å². The second-order valence-electron chi connectivity index (χ2n) is 5.29. The molecule has 0 spiro atoms. The van der Waals surface area contributed by atoms with Crippen molar-refractivity contribution in [2.75, 3.05) is 7.05 Å². The summed E-state index contributed by atoms with van der Waals surface area (Å²) in [4.78, 5) is 18.2. The number of aryl methyl sites for hydroxylation is 1. The summed E-state index contributed by atoms with van der Waals surface area (Å²) >= 11 is 0. The summed E-state index contributed by atoms with van der Waals surface area (Å²) in [5.41, 5.74) is 0.961. The van der Waals surface area contributed by atoms with Crippen LogP contribution in [0.5, 0.6) is 0 Å². The van der Waals surface area contributed by atoms with Crippen LogP contribution in [0.4, 0.5) is 0 Å². The Labute approximate surface area is 114 Å². The molecule has 0 aromatic carbocycles. The number of amides is 1. The first-order valence-electron chi connectivity index (χ1n) is 7.00. The maximum atomic E-state index is 12.1. The van der Waals surface area contributed by atoms with Crippen molar-refractivity contribution >= 4 is 5.91 Å². The lowest BCUT2D eigenvalue weighted by Gasteiger charge is -2.33. The van der Waals surface area contributed by atoms with E-state index in [1.54, 1.807) is 6.20 Å². The highest BCUT2D eigenvalue weighted by atomic mass is 16.3. The van der Waals surface area contributed by atoms with Crippen LogP contribution in [0, 0.1) is 0 Å². The van der Waals surface area contributed by atoms with E-state index in [0.717, 1.165) is 31.4 Å². The molecule has 2 rings (SSSR count). The van der Waals surface area contributed by atoms with Gasteiger partial charge in [0.05, 0.1) is 6.10 Å². The van der Waals surface area contributed by atoms with Crippen LogP contribution < -0.4 is 0 Å². The van der Waals surface area contributed by atoms with Gasteiger partial charge in [0.25, 0.3) is 0 Å². The molecular weight excluding hydrogens is 240 g/mol. The van der Waals surface area contributed by atoms with Gasteiger partial charge in [0.2, 0.25) is 5.91 Å². The summed E-state index contributed by atoms with van der Waals surface area (Å²) in [5.74, 6) is 0.173. The number of aliphatic hydroxyl groups excluding tert-OH is 1. The second kappa shape index (κ2) is 6.66. The van der Waals surface area contributed by atoms with E-state index in [-0.39, 0.29) is 12.0 Å². The predicted octanol–water partition coefficient (Wildman–Crippen LogP) is 1.78. The number of hydrogen-bond acceptors (Lipinski definition) is 3. The molecular formula is C15H22N2O2. The fourth-order valence-electron chi connectivity index (χ4n) is 2.61. The molecule has 104 valence electrons. The van der Waals surface area contributed by atoms with E-state index in [1.165, 1.54) is 0 Å². The molecule has 0 atom stereocenters. The molecule has 1 aromatic heterocycles. The van der Waals surface area contributed by atoms with Crippen LogP contribution in [0.2, 0.25) is 0 Å². The van der Waals surface area contributed by atoms with Crippen LogP contribution in [0.25, 0.3) is 0 Å². The van der Waals surface area contributed by atoms with Gasteiger partial charge >= 0.3 is 0 Å². The van der Waals surface area contributed by atoms with Crippen molar-refractivity contribution in [3.05, 3.63) is 30.1 Å². The minimum Gasteiger partial charge on any atom is -0.393 e. The topological polar surface area (TPSA) is 53.4 Å². The van der Waals surface area contributed by atoms with Gasteiger partial charge in [-0.3, -0.25) is 9.78 Å². The lowest BCUT2D eigenvalue weighted by molar-refractivity contribution is -0.133. The fraction of sp³-hybridized carbons (Fsp3) is 0.600. The molecule has 1 amide bonds. The molecule has 1 aromatic rings. The third-order valence-corrected chi connectivity index (χ3v) is 3.93. The molecule has 1 heterocycles. The Hall–Kier alpha value is -1.42. The largest absolute Gasteiger partial charge is 0.393 e. The quantitative estimate of drug-likeness (QED) is 0.900. The van der Waals surface area contributed by atoms with Gasteiger partial charge in [-0.25, -0.2) is 0 Å². The van der Waals surface area contributed by atoms with Crippen molar-refractivity contribution in [1.82, 2.24) is 9.88 Å². The monoisotopic (exact) mass is 262 g/mol. The summed E-state index contributed by atoms with van der Waals surface area (Å²) < 4.78 is 0. The predicted molar refractivity (Wildman–Crippen MR) is 73.6 cm³/mol. The second-order valence-corrected chi connectivity index (χ2v) is 5.29. The van der Waals surface area contributed by atoms with Crippen LogP contribution in [0.15, 0.2) is 24.4 Å². The molecule has 19 heavy (non-hydrogen) atoms. The highest BCUT2D eigenvalue weighted by Gasteiger charge is 2.25. The zero-order valence-electron chi connectivity index (χ0n) is 11.5. The van der Waals surface area contributed by atoms with Gasteiger partial charge in [-0.1, -0.05) is 6.07 Å². The van der Waals surface area contributed by atoms with Crippen molar-refractivity contribution in [3.63, 3.8) is 0 Å². The van der Waals surface area contributed by atoms with Crippen molar-refractivity contribution in [2.45, 2.75) is 50.7 Å². The van der Waals surface area contributed by atoms with Crippen LogP contribution >= 0.6 is 0 Å². The highest BCUT2D eigenvalue weighted by molar-refractivity contribution is 5.76. The average molecular weight is 262 g/mol. The van der Waals surface area contributed by atoms with Gasteiger partial charge in [-0.05, 0) is 44.2 Å². The summed E-state index contributed by atoms with van der Waals surface area (Å²) in [6, 6.07) is 6.06. The Morgan fingerprint density at radius 1 is 1.37 bits per heavy atom. The Morgan fingerprint density at radius 2 is 2.11 bits per heavy atom. The van der Waals surface area contributed by atoms with Gasteiger partial charge in [0.1, 0.15) is 0 Å². The number of hydrogen-bond donors (Lipinski definition) is 1. The smallest absolute Gasteiger partial charge is 0.222 e. The number of aromatic nitrogens is 1. The van der Waals surface area contributed by atoms with Gasteiger partial charge in [-0.2, -0.15) is 0 Å². The minimum absolute atomic E-state index is 0.173. The molecule has 0 aliphatic heterocycles. The van der Waals surface area contributed by atoms with Gasteiger partial charge in [0.15, 0.2) is 0 Å². The number of carbonyl (C=O) groups excluding carboxylic acids is 1. The molecule has 0 radical (unpaired) electrons.